The van der Waals surface area contributed by atoms with Crippen molar-refractivity contribution in [1.82, 2.24) is 9.88 Å². The summed E-state index contributed by atoms with van der Waals surface area (Å²) in [6.07, 6.45) is 1.96. The zero-order valence-corrected chi connectivity index (χ0v) is 13.9. The zero-order valence-electron chi connectivity index (χ0n) is 13.9. The highest BCUT2D eigenvalue weighted by Crippen LogP contribution is 2.36. The molecule has 0 unspecified atom stereocenters. The van der Waals surface area contributed by atoms with Gasteiger partial charge in [0.15, 0.2) is 0 Å². The minimum Gasteiger partial charge on any atom is -0.335 e. The molecule has 22 heavy (non-hydrogen) atoms. The number of nitriles is 1. The Kier molecular flexibility index (Phi) is 4.15. The Balaban J connectivity index is 2.18. The van der Waals surface area contributed by atoms with Crippen LogP contribution >= 0.6 is 0 Å². The maximum absolute atomic E-state index is 12.5. The number of rotatable bonds is 3. The molecule has 5 heteroatoms. The predicted octanol–water partition coefficient (Wildman–Crippen LogP) is 2.20. The van der Waals surface area contributed by atoms with Gasteiger partial charge in [-0.05, 0) is 58.6 Å². The quantitative estimate of drug-likeness (QED) is 0.929. The fourth-order valence-corrected chi connectivity index (χ4v) is 3.75. The van der Waals surface area contributed by atoms with Crippen molar-refractivity contribution in [3.05, 3.63) is 32.7 Å². The van der Waals surface area contributed by atoms with Gasteiger partial charge in [0.05, 0.1) is 0 Å². The number of aryl methyl sites for hydroxylation is 1. The molecule has 1 amide bonds. The van der Waals surface area contributed by atoms with Crippen LogP contribution < -0.4 is 5.56 Å². The molecule has 1 aromatic heterocycles. The molecule has 0 aliphatic carbocycles. The van der Waals surface area contributed by atoms with Crippen LogP contribution in [-0.2, 0) is 11.2 Å². The second-order valence-electron chi connectivity index (χ2n) is 6.80. The Bertz CT molecular complexity index is 710. The maximum Gasteiger partial charge on any atom is 0.266 e. The molecule has 0 spiro atoms. The molecule has 0 bridgehead atoms. The van der Waals surface area contributed by atoms with Crippen LogP contribution in [0, 0.1) is 25.2 Å². The number of hydrogen-bond donors (Lipinski definition) is 1. The third-order valence-corrected chi connectivity index (χ3v) is 4.67. The van der Waals surface area contributed by atoms with E-state index in [-0.39, 0.29) is 28.6 Å². The van der Waals surface area contributed by atoms with Crippen LogP contribution in [0.1, 0.15) is 56.0 Å². The largest absolute Gasteiger partial charge is 0.335 e. The lowest BCUT2D eigenvalue weighted by Crippen LogP contribution is -2.63. The van der Waals surface area contributed by atoms with Crippen molar-refractivity contribution in [3.8, 4) is 6.07 Å². The van der Waals surface area contributed by atoms with Crippen molar-refractivity contribution in [1.29, 1.82) is 5.26 Å². The van der Waals surface area contributed by atoms with Gasteiger partial charge in [-0.25, -0.2) is 0 Å². The molecule has 1 atom stereocenters. The molecule has 1 N–H and O–H groups in total. The normalized spacial score (nSPS) is 19.5. The topological polar surface area (TPSA) is 77.0 Å². The summed E-state index contributed by atoms with van der Waals surface area (Å²) in [6.45, 7) is 9.81. The lowest BCUT2D eigenvalue weighted by atomic mass is 9.81. The van der Waals surface area contributed by atoms with Gasteiger partial charge in [0.25, 0.3) is 5.56 Å². The molecule has 1 aliphatic rings. The Morgan fingerprint density at radius 3 is 2.59 bits per heavy atom. The van der Waals surface area contributed by atoms with Gasteiger partial charge in [-0.3, -0.25) is 9.59 Å². The number of nitrogens with one attached hydrogen (secondary N) is 1. The highest BCUT2D eigenvalue weighted by molar-refractivity contribution is 5.78. The monoisotopic (exact) mass is 301 g/mol. The molecule has 0 saturated carbocycles. The first-order chi connectivity index (χ1) is 10.2. The summed E-state index contributed by atoms with van der Waals surface area (Å²) in [6, 6.07) is 2.23. The number of aromatic nitrogens is 1. The van der Waals surface area contributed by atoms with E-state index < -0.39 is 0 Å². The van der Waals surface area contributed by atoms with Crippen molar-refractivity contribution in [2.45, 2.75) is 65.5 Å². The SMILES string of the molecule is Cc1[nH]c(=O)c(C#N)c(C)c1CCC(=O)N1[C@H](C)CC1(C)C. The van der Waals surface area contributed by atoms with Gasteiger partial charge in [0.1, 0.15) is 11.6 Å². The third kappa shape index (κ3) is 2.66. The molecule has 0 radical (unpaired) electrons. The molecule has 2 heterocycles. The van der Waals surface area contributed by atoms with E-state index in [0.717, 1.165) is 17.7 Å². The van der Waals surface area contributed by atoms with Crippen LogP contribution in [0.5, 0.6) is 0 Å². The van der Waals surface area contributed by atoms with E-state index >= 15 is 0 Å². The van der Waals surface area contributed by atoms with Crippen molar-refractivity contribution in [2.75, 3.05) is 0 Å². The summed E-state index contributed by atoms with van der Waals surface area (Å²) in [5, 5.41) is 9.09. The summed E-state index contributed by atoms with van der Waals surface area (Å²) in [5.74, 6) is 0.132. The lowest BCUT2D eigenvalue weighted by Gasteiger charge is -2.54. The molecule has 1 fully saturated rings. The molecule has 1 saturated heterocycles. The number of aromatic amines is 1. The summed E-state index contributed by atoms with van der Waals surface area (Å²) >= 11 is 0. The van der Waals surface area contributed by atoms with E-state index in [1.807, 2.05) is 17.9 Å². The van der Waals surface area contributed by atoms with Gasteiger partial charge in [-0.15, -0.1) is 0 Å². The van der Waals surface area contributed by atoms with Crippen LogP contribution in [0.2, 0.25) is 0 Å². The van der Waals surface area contributed by atoms with Crippen LogP contribution in [0.25, 0.3) is 0 Å². The highest BCUT2D eigenvalue weighted by atomic mass is 16.2. The zero-order chi connectivity index (χ0) is 16.7. The van der Waals surface area contributed by atoms with Crippen molar-refractivity contribution in [3.63, 3.8) is 0 Å². The molecular formula is C17H23N3O2. The molecule has 0 aromatic carbocycles. The first-order valence-corrected chi connectivity index (χ1v) is 7.63. The summed E-state index contributed by atoms with van der Waals surface area (Å²) in [5.41, 5.74) is 2.05. The van der Waals surface area contributed by atoms with E-state index in [9.17, 15) is 9.59 Å². The van der Waals surface area contributed by atoms with Crippen LogP contribution in [0.3, 0.4) is 0 Å². The van der Waals surface area contributed by atoms with Crippen molar-refractivity contribution >= 4 is 5.91 Å². The van der Waals surface area contributed by atoms with Gasteiger partial charge in [-0.2, -0.15) is 5.26 Å². The first-order valence-electron chi connectivity index (χ1n) is 7.63. The van der Waals surface area contributed by atoms with E-state index in [4.69, 9.17) is 5.26 Å². The molecular weight excluding hydrogens is 278 g/mol. The lowest BCUT2D eigenvalue weighted by molar-refractivity contribution is -0.151. The summed E-state index contributed by atoms with van der Waals surface area (Å²) < 4.78 is 0. The van der Waals surface area contributed by atoms with Gasteiger partial charge in [-0.1, -0.05) is 0 Å². The average Bonchev–Trinajstić information content (AvgIpc) is 2.36. The molecule has 1 aromatic rings. The van der Waals surface area contributed by atoms with Crippen molar-refractivity contribution < 1.29 is 4.79 Å². The average molecular weight is 301 g/mol. The highest BCUT2D eigenvalue weighted by Gasteiger charge is 2.44. The molecule has 2 rings (SSSR count). The maximum atomic E-state index is 12.5. The van der Waals surface area contributed by atoms with Crippen LogP contribution in [0.15, 0.2) is 4.79 Å². The van der Waals surface area contributed by atoms with Crippen LogP contribution in [0.4, 0.5) is 0 Å². The minimum absolute atomic E-state index is 0.0661. The predicted molar refractivity (Wildman–Crippen MR) is 84.6 cm³/mol. The number of hydrogen-bond acceptors (Lipinski definition) is 3. The third-order valence-electron chi connectivity index (χ3n) is 4.67. The summed E-state index contributed by atoms with van der Waals surface area (Å²) in [7, 11) is 0. The standard InChI is InChI=1S/C17H23N3O2/c1-10-8-17(4,5)20(10)15(21)7-6-13-11(2)14(9-18)16(22)19-12(13)3/h10H,6-8H2,1-5H3,(H,19,22)/t10-/m1/s1. The smallest absolute Gasteiger partial charge is 0.266 e. The Labute approximate surface area is 130 Å². The van der Waals surface area contributed by atoms with Crippen molar-refractivity contribution in [2.24, 2.45) is 0 Å². The molecule has 118 valence electrons. The second kappa shape index (κ2) is 5.60. The number of amides is 1. The van der Waals surface area contributed by atoms with Gasteiger partial charge < -0.3 is 9.88 Å². The number of pyridine rings is 1. The Morgan fingerprint density at radius 2 is 2.09 bits per heavy atom. The van der Waals surface area contributed by atoms with E-state index in [0.29, 0.717) is 18.4 Å². The van der Waals surface area contributed by atoms with E-state index in [1.165, 1.54) is 0 Å². The minimum atomic E-state index is -0.356. The number of carbonyl (C=O) groups excluding carboxylic acids is 1. The van der Waals surface area contributed by atoms with Gasteiger partial charge in [0.2, 0.25) is 5.91 Å². The number of nitrogens with zero attached hydrogens (tertiary/aromatic N) is 2. The Hall–Kier alpha value is -2.09. The van der Waals surface area contributed by atoms with Crippen LogP contribution in [-0.4, -0.2) is 27.4 Å². The van der Waals surface area contributed by atoms with Gasteiger partial charge >= 0.3 is 0 Å². The first kappa shape index (κ1) is 16.3. The summed E-state index contributed by atoms with van der Waals surface area (Å²) in [4.78, 5) is 28.8. The number of carbonyl (C=O) groups is 1. The molecule has 5 nitrogen and oxygen atoms in total. The van der Waals surface area contributed by atoms with E-state index in [2.05, 4.69) is 25.8 Å². The fraction of sp³-hybridized carbons (Fsp3) is 0.588. The Morgan fingerprint density at radius 1 is 1.45 bits per heavy atom. The molecule has 1 aliphatic heterocycles. The number of likely N-dealkylation sites (tertiary alicyclic amines) is 1. The number of H-pyrrole nitrogens is 1. The van der Waals surface area contributed by atoms with Gasteiger partial charge in [0, 0.05) is 23.7 Å². The second-order valence-corrected chi connectivity index (χ2v) is 6.80. The fourth-order valence-electron chi connectivity index (χ4n) is 3.75. The van der Waals surface area contributed by atoms with E-state index in [1.54, 1.807) is 6.92 Å².